The summed E-state index contributed by atoms with van der Waals surface area (Å²) < 4.78 is 0.944. The zero-order valence-electron chi connectivity index (χ0n) is 8.19. The Hall–Kier alpha value is -0.280. The molecule has 4 heteroatoms. The van der Waals surface area contributed by atoms with Crippen molar-refractivity contribution in [1.82, 2.24) is 4.98 Å². The minimum atomic E-state index is 0.532. The molecule has 14 heavy (non-hydrogen) atoms. The van der Waals surface area contributed by atoms with Crippen LogP contribution in [-0.4, -0.2) is 11.5 Å². The summed E-state index contributed by atoms with van der Waals surface area (Å²) in [6, 6.07) is 1.95. The molecule has 0 saturated carbocycles. The lowest BCUT2D eigenvalue weighted by Crippen LogP contribution is -2.02. The van der Waals surface area contributed by atoms with Crippen LogP contribution in [0.3, 0.4) is 0 Å². The highest BCUT2D eigenvalue weighted by molar-refractivity contribution is 9.10. The molecule has 0 aromatic carbocycles. The Balaban J connectivity index is 2.45. The van der Waals surface area contributed by atoms with Crippen LogP contribution >= 0.6 is 27.5 Å². The van der Waals surface area contributed by atoms with Gasteiger partial charge in [-0.05, 0) is 28.4 Å². The molecule has 1 aromatic rings. The van der Waals surface area contributed by atoms with Gasteiger partial charge in [-0.2, -0.15) is 0 Å². The quantitative estimate of drug-likeness (QED) is 0.647. The normalized spacial score (nSPS) is 10.2. The summed E-state index contributed by atoms with van der Waals surface area (Å²) in [5.41, 5.74) is 0.900. The first-order chi connectivity index (χ1) is 6.74. The molecule has 1 aromatic heterocycles. The Morgan fingerprint density at radius 1 is 1.50 bits per heavy atom. The van der Waals surface area contributed by atoms with Crippen molar-refractivity contribution in [2.24, 2.45) is 0 Å². The number of aromatic nitrogens is 1. The summed E-state index contributed by atoms with van der Waals surface area (Å²) in [5.74, 6) is 0. The van der Waals surface area contributed by atoms with Crippen molar-refractivity contribution in [2.45, 2.75) is 26.2 Å². The molecule has 0 aliphatic heterocycles. The Kier molecular flexibility index (Phi) is 5.26. The van der Waals surface area contributed by atoms with Crippen LogP contribution in [0.2, 0.25) is 5.15 Å². The second-order valence-electron chi connectivity index (χ2n) is 3.13. The van der Waals surface area contributed by atoms with Crippen molar-refractivity contribution < 1.29 is 0 Å². The largest absolute Gasteiger partial charge is 0.383 e. The highest BCUT2D eigenvalue weighted by Crippen LogP contribution is 2.22. The van der Waals surface area contributed by atoms with E-state index in [0.29, 0.717) is 5.15 Å². The molecule has 2 nitrogen and oxygen atoms in total. The molecule has 0 aliphatic rings. The van der Waals surface area contributed by atoms with Gasteiger partial charge in [-0.1, -0.05) is 31.4 Å². The van der Waals surface area contributed by atoms with Gasteiger partial charge in [0.05, 0.1) is 5.69 Å². The highest BCUT2D eigenvalue weighted by atomic mass is 79.9. The fourth-order valence-electron chi connectivity index (χ4n) is 1.14. The summed E-state index contributed by atoms with van der Waals surface area (Å²) >= 11 is 9.27. The first-order valence-corrected chi connectivity index (χ1v) is 5.96. The lowest BCUT2D eigenvalue weighted by atomic mass is 10.2. The van der Waals surface area contributed by atoms with Gasteiger partial charge in [0, 0.05) is 17.2 Å². The zero-order chi connectivity index (χ0) is 10.4. The molecular formula is C10H14BrClN2. The van der Waals surface area contributed by atoms with E-state index in [9.17, 15) is 0 Å². The van der Waals surface area contributed by atoms with E-state index in [-0.39, 0.29) is 0 Å². The summed E-state index contributed by atoms with van der Waals surface area (Å²) in [7, 11) is 0. The van der Waals surface area contributed by atoms with Gasteiger partial charge in [0.2, 0.25) is 0 Å². The number of nitrogens with one attached hydrogen (secondary N) is 1. The topological polar surface area (TPSA) is 24.9 Å². The first kappa shape index (κ1) is 11.8. The van der Waals surface area contributed by atoms with Crippen molar-refractivity contribution in [3.8, 4) is 0 Å². The number of unbranched alkanes of at least 4 members (excludes halogenated alkanes) is 2. The Labute approximate surface area is 98.2 Å². The molecule has 78 valence electrons. The predicted octanol–water partition coefficient (Wildman–Crippen LogP) is 4.10. The first-order valence-electron chi connectivity index (χ1n) is 4.79. The lowest BCUT2D eigenvalue weighted by Gasteiger charge is -2.07. The average Bonchev–Trinajstić information content (AvgIpc) is 2.18. The van der Waals surface area contributed by atoms with Crippen molar-refractivity contribution >= 4 is 33.2 Å². The molecular weight excluding hydrogens is 263 g/mol. The number of nitrogens with zero attached hydrogens (tertiary/aromatic N) is 1. The molecule has 0 spiro atoms. The summed E-state index contributed by atoms with van der Waals surface area (Å²) in [5, 5.41) is 3.80. The summed E-state index contributed by atoms with van der Waals surface area (Å²) in [4.78, 5) is 4.03. The number of hydrogen-bond acceptors (Lipinski definition) is 2. The third-order valence-electron chi connectivity index (χ3n) is 1.90. The van der Waals surface area contributed by atoms with Crippen LogP contribution in [0.1, 0.15) is 26.2 Å². The van der Waals surface area contributed by atoms with E-state index in [1.54, 1.807) is 6.20 Å². The van der Waals surface area contributed by atoms with Crippen LogP contribution in [0.5, 0.6) is 0 Å². The van der Waals surface area contributed by atoms with E-state index in [4.69, 9.17) is 11.6 Å². The molecule has 0 radical (unpaired) electrons. The standard InChI is InChI=1S/C10H14BrClN2/c1-2-3-4-5-13-9-6-8(11)7-14-10(9)12/h6-7,13H,2-5H2,1H3. The highest BCUT2D eigenvalue weighted by Gasteiger charge is 2.00. The molecule has 0 unspecified atom stereocenters. The maximum atomic E-state index is 5.91. The summed E-state index contributed by atoms with van der Waals surface area (Å²) in [6.07, 6.45) is 5.33. The number of halogens is 2. The average molecular weight is 278 g/mol. The Morgan fingerprint density at radius 3 is 3.00 bits per heavy atom. The van der Waals surface area contributed by atoms with Crippen LogP contribution in [0, 0.1) is 0 Å². The van der Waals surface area contributed by atoms with E-state index in [2.05, 4.69) is 33.2 Å². The van der Waals surface area contributed by atoms with Gasteiger partial charge in [-0.15, -0.1) is 0 Å². The van der Waals surface area contributed by atoms with Crippen molar-refractivity contribution in [3.63, 3.8) is 0 Å². The van der Waals surface area contributed by atoms with Gasteiger partial charge in [0.15, 0.2) is 5.15 Å². The second kappa shape index (κ2) is 6.25. The Bertz CT molecular complexity index is 291. The van der Waals surface area contributed by atoms with E-state index in [1.165, 1.54) is 19.3 Å². The monoisotopic (exact) mass is 276 g/mol. The van der Waals surface area contributed by atoms with Gasteiger partial charge in [0.25, 0.3) is 0 Å². The lowest BCUT2D eigenvalue weighted by molar-refractivity contribution is 0.743. The number of anilines is 1. The van der Waals surface area contributed by atoms with Crippen LogP contribution in [0.4, 0.5) is 5.69 Å². The fourth-order valence-corrected chi connectivity index (χ4v) is 1.65. The van der Waals surface area contributed by atoms with Gasteiger partial charge in [-0.3, -0.25) is 0 Å². The summed E-state index contributed by atoms with van der Waals surface area (Å²) in [6.45, 7) is 3.14. The second-order valence-corrected chi connectivity index (χ2v) is 4.40. The van der Waals surface area contributed by atoms with Crippen molar-refractivity contribution in [2.75, 3.05) is 11.9 Å². The van der Waals surface area contributed by atoms with Gasteiger partial charge in [0.1, 0.15) is 0 Å². The van der Waals surface area contributed by atoms with Crippen molar-refractivity contribution in [1.29, 1.82) is 0 Å². The number of rotatable bonds is 5. The molecule has 0 bridgehead atoms. The van der Waals surface area contributed by atoms with Crippen LogP contribution < -0.4 is 5.32 Å². The van der Waals surface area contributed by atoms with Crippen LogP contribution in [0.25, 0.3) is 0 Å². The van der Waals surface area contributed by atoms with E-state index < -0.39 is 0 Å². The van der Waals surface area contributed by atoms with Gasteiger partial charge >= 0.3 is 0 Å². The van der Waals surface area contributed by atoms with E-state index in [0.717, 1.165) is 16.7 Å². The maximum Gasteiger partial charge on any atom is 0.152 e. The minimum Gasteiger partial charge on any atom is -0.383 e. The van der Waals surface area contributed by atoms with Crippen LogP contribution in [0.15, 0.2) is 16.7 Å². The van der Waals surface area contributed by atoms with Gasteiger partial charge < -0.3 is 5.32 Å². The SMILES string of the molecule is CCCCCNc1cc(Br)cnc1Cl. The zero-order valence-corrected chi connectivity index (χ0v) is 10.5. The fraction of sp³-hybridized carbons (Fsp3) is 0.500. The number of hydrogen-bond donors (Lipinski definition) is 1. The van der Waals surface area contributed by atoms with Gasteiger partial charge in [-0.25, -0.2) is 4.98 Å². The molecule has 0 amide bonds. The van der Waals surface area contributed by atoms with Crippen LogP contribution in [-0.2, 0) is 0 Å². The van der Waals surface area contributed by atoms with E-state index in [1.807, 2.05) is 6.07 Å². The Morgan fingerprint density at radius 2 is 2.29 bits per heavy atom. The number of pyridine rings is 1. The third-order valence-corrected chi connectivity index (χ3v) is 2.64. The third kappa shape index (κ3) is 3.84. The molecule has 1 heterocycles. The maximum absolute atomic E-state index is 5.91. The van der Waals surface area contributed by atoms with Crippen molar-refractivity contribution in [3.05, 3.63) is 21.9 Å². The molecule has 0 aliphatic carbocycles. The molecule has 0 fully saturated rings. The molecule has 1 rings (SSSR count). The van der Waals surface area contributed by atoms with E-state index >= 15 is 0 Å². The minimum absolute atomic E-state index is 0.532. The molecule has 0 saturated heterocycles. The molecule has 0 atom stereocenters. The predicted molar refractivity (Wildman–Crippen MR) is 65.0 cm³/mol. The molecule has 1 N–H and O–H groups in total. The smallest absolute Gasteiger partial charge is 0.152 e.